The van der Waals surface area contributed by atoms with Crippen LogP contribution in [-0.4, -0.2) is 28.4 Å². The number of aliphatic hydroxyl groups excluding tert-OH is 1. The van der Waals surface area contributed by atoms with Crippen LogP contribution >= 0.6 is 11.8 Å². The fraction of sp³-hybridized carbons (Fsp3) is 1.00. The molecule has 0 aromatic carbocycles. The Labute approximate surface area is 71.7 Å². The molecular formula is C8H15NOS. The van der Waals surface area contributed by atoms with Gasteiger partial charge in [-0.15, -0.1) is 11.8 Å². The highest BCUT2D eigenvalue weighted by atomic mass is 32.2. The number of hydrogen-bond acceptors (Lipinski definition) is 3. The van der Waals surface area contributed by atoms with Crippen molar-refractivity contribution in [1.29, 1.82) is 0 Å². The van der Waals surface area contributed by atoms with E-state index in [1.165, 1.54) is 12.8 Å². The smallest absolute Gasteiger partial charge is 0.0907 e. The molecule has 0 amide bonds. The van der Waals surface area contributed by atoms with Crippen LogP contribution in [0.5, 0.6) is 0 Å². The molecule has 0 aromatic heterocycles. The zero-order valence-electron chi connectivity index (χ0n) is 6.68. The Morgan fingerprint density at radius 3 is 3.00 bits per heavy atom. The lowest BCUT2D eigenvalue weighted by Gasteiger charge is -2.37. The summed E-state index contributed by atoms with van der Waals surface area (Å²) in [4.78, 5) is 0.0538. The predicted molar refractivity (Wildman–Crippen MR) is 47.7 cm³/mol. The molecule has 2 nitrogen and oxygen atoms in total. The molecule has 0 unspecified atom stereocenters. The maximum absolute atomic E-state index is 9.78. The molecular weight excluding hydrogens is 158 g/mol. The van der Waals surface area contributed by atoms with Crippen molar-refractivity contribution >= 4 is 11.8 Å². The lowest BCUT2D eigenvalue weighted by Crippen LogP contribution is -2.50. The zero-order chi connectivity index (χ0) is 7.73. The van der Waals surface area contributed by atoms with Gasteiger partial charge in [0.25, 0.3) is 0 Å². The zero-order valence-corrected chi connectivity index (χ0v) is 7.49. The molecule has 64 valence electrons. The first-order valence-electron chi connectivity index (χ1n) is 4.41. The van der Waals surface area contributed by atoms with Crippen molar-refractivity contribution in [3.8, 4) is 0 Å². The van der Waals surface area contributed by atoms with E-state index < -0.39 is 0 Å². The second-order valence-corrected chi connectivity index (χ2v) is 4.85. The number of rotatable bonds is 0. The van der Waals surface area contributed by atoms with E-state index in [0.29, 0.717) is 0 Å². The topological polar surface area (TPSA) is 32.3 Å². The Kier molecular flexibility index (Phi) is 2.12. The van der Waals surface area contributed by atoms with Crippen LogP contribution < -0.4 is 5.32 Å². The maximum atomic E-state index is 9.78. The van der Waals surface area contributed by atoms with Gasteiger partial charge in [-0.1, -0.05) is 12.8 Å². The minimum Gasteiger partial charge on any atom is -0.390 e. The molecule has 2 fully saturated rings. The molecule has 1 saturated heterocycles. The van der Waals surface area contributed by atoms with Crippen LogP contribution in [0.25, 0.3) is 0 Å². The van der Waals surface area contributed by atoms with E-state index in [4.69, 9.17) is 0 Å². The van der Waals surface area contributed by atoms with Gasteiger partial charge in [0, 0.05) is 12.3 Å². The highest BCUT2D eigenvalue weighted by Gasteiger charge is 2.42. The average Bonchev–Trinajstić information content (AvgIpc) is 2.46. The molecule has 1 heterocycles. The van der Waals surface area contributed by atoms with Crippen molar-refractivity contribution < 1.29 is 5.11 Å². The Morgan fingerprint density at radius 1 is 1.45 bits per heavy atom. The van der Waals surface area contributed by atoms with E-state index >= 15 is 0 Å². The van der Waals surface area contributed by atoms with Gasteiger partial charge in [0.2, 0.25) is 0 Å². The van der Waals surface area contributed by atoms with Gasteiger partial charge < -0.3 is 5.11 Å². The minimum atomic E-state index is -0.108. The molecule has 1 aliphatic heterocycles. The van der Waals surface area contributed by atoms with Gasteiger partial charge in [-0.3, -0.25) is 5.32 Å². The van der Waals surface area contributed by atoms with Crippen molar-refractivity contribution in [2.75, 3.05) is 12.3 Å². The molecule has 2 rings (SSSR count). The number of nitrogens with one attached hydrogen (secondary N) is 1. The van der Waals surface area contributed by atoms with Crippen LogP contribution in [0.15, 0.2) is 0 Å². The average molecular weight is 173 g/mol. The van der Waals surface area contributed by atoms with Gasteiger partial charge in [-0.25, -0.2) is 0 Å². The summed E-state index contributed by atoms with van der Waals surface area (Å²) >= 11 is 1.91. The second kappa shape index (κ2) is 2.96. The number of aliphatic hydroxyl groups is 1. The molecule has 2 N–H and O–H groups in total. The standard InChI is InChI=1S/C8H15NOS/c10-7-3-1-2-4-8(7)9-5-6-11-8/h7,9-10H,1-6H2/t7-,8+/m1/s1. The molecule has 2 aliphatic rings. The van der Waals surface area contributed by atoms with Crippen molar-refractivity contribution in [1.82, 2.24) is 5.32 Å². The summed E-state index contributed by atoms with van der Waals surface area (Å²) in [5, 5.41) is 13.2. The highest BCUT2D eigenvalue weighted by molar-refractivity contribution is 8.00. The fourth-order valence-electron chi connectivity index (χ4n) is 2.05. The quantitative estimate of drug-likeness (QED) is 0.572. The van der Waals surface area contributed by atoms with Crippen molar-refractivity contribution in [2.24, 2.45) is 0 Å². The fourth-order valence-corrected chi connectivity index (χ4v) is 3.42. The highest BCUT2D eigenvalue weighted by Crippen LogP contribution is 2.40. The van der Waals surface area contributed by atoms with Crippen molar-refractivity contribution in [3.63, 3.8) is 0 Å². The van der Waals surface area contributed by atoms with Gasteiger partial charge in [0.15, 0.2) is 0 Å². The van der Waals surface area contributed by atoms with Gasteiger partial charge >= 0.3 is 0 Å². The Bertz CT molecular complexity index is 145. The molecule has 2 atom stereocenters. The SMILES string of the molecule is O[C@@H]1CCCC[C@@]12NCCS2. The van der Waals surface area contributed by atoms with Gasteiger partial charge in [-0.05, 0) is 12.8 Å². The molecule has 0 radical (unpaired) electrons. The monoisotopic (exact) mass is 173 g/mol. The third kappa shape index (κ3) is 1.30. The number of thioether (sulfide) groups is 1. The first-order chi connectivity index (χ1) is 5.33. The summed E-state index contributed by atoms with van der Waals surface area (Å²) < 4.78 is 0. The summed E-state index contributed by atoms with van der Waals surface area (Å²) in [6, 6.07) is 0. The van der Waals surface area contributed by atoms with Crippen LogP contribution in [-0.2, 0) is 0 Å². The summed E-state index contributed by atoms with van der Waals surface area (Å²) in [6.45, 7) is 1.07. The minimum absolute atomic E-state index is 0.0538. The Morgan fingerprint density at radius 2 is 2.36 bits per heavy atom. The van der Waals surface area contributed by atoms with Crippen LogP contribution in [0.4, 0.5) is 0 Å². The molecule has 0 aromatic rings. The van der Waals surface area contributed by atoms with E-state index in [1.807, 2.05) is 11.8 Å². The van der Waals surface area contributed by atoms with Crippen LogP contribution in [0.3, 0.4) is 0 Å². The number of hydrogen-bond donors (Lipinski definition) is 2. The normalized spacial score (nSPS) is 45.0. The van der Waals surface area contributed by atoms with E-state index in [9.17, 15) is 5.11 Å². The van der Waals surface area contributed by atoms with Gasteiger partial charge in [0.05, 0.1) is 11.0 Å². The van der Waals surface area contributed by atoms with Gasteiger partial charge in [-0.2, -0.15) is 0 Å². The summed E-state index contributed by atoms with van der Waals surface area (Å²) in [5.74, 6) is 1.16. The lowest BCUT2D eigenvalue weighted by atomic mass is 9.92. The second-order valence-electron chi connectivity index (χ2n) is 3.43. The van der Waals surface area contributed by atoms with Crippen molar-refractivity contribution in [3.05, 3.63) is 0 Å². The van der Waals surface area contributed by atoms with E-state index in [1.54, 1.807) is 0 Å². The third-order valence-electron chi connectivity index (χ3n) is 2.70. The summed E-state index contributed by atoms with van der Waals surface area (Å²) in [7, 11) is 0. The first kappa shape index (κ1) is 7.90. The third-order valence-corrected chi connectivity index (χ3v) is 4.24. The van der Waals surface area contributed by atoms with E-state index in [2.05, 4.69) is 5.32 Å². The molecule has 1 spiro atoms. The predicted octanol–water partition coefficient (Wildman–Crippen LogP) is 0.954. The van der Waals surface area contributed by atoms with Gasteiger partial charge in [0.1, 0.15) is 0 Å². The van der Waals surface area contributed by atoms with Crippen LogP contribution in [0, 0.1) is 0 Å². The van der Waals surface area contributed by atoms with E-state index in [0.717, 1.165) is 25.1 Å². The van der Waals surface area contributed by atoms with Crippen molar-refractivity contribution in [2.45, 2.75) is 36.7 Å². The Hall–Kier alpha value is 0.270. The maximum Gasteiger partial charge on any atom is 0.0907 e. The summed E-state index contributed by atoms with van der Waals surface area (Å²) in [5.41, 5.74) is 0. The molecule has 1 aliphatic carbocycles. The molecule has 1 saturated carbocycles. The molecule has 0 bridgehead atoms. The summed E-state index contributed by atoms with van der Waals surface area (Å²) in [6.07, 6.45) is 4.50. The van der Waals surface area contributed by atoms with E-state index in [-0.39, 0.29) is 11.0 Å². The lowest BCUT2D eigenvalue weighted by molar-refractivity contribution is 0.0784. The van der Waals surface area contributed by atoms with Crippen LogP contribution in [0.2, 0.25) is 0 Å². The molecule has 11 heavy (non-hydrogen) atoms. The Balaban J connectivity index is 2.07. The molecule has 3 heteroatoms. The van der Waals surface area contributed by atoms with Crippen LogP contribution in [0.1, 0.15) is 25.7 Å². The first-order valence-corrected chi connectivity index (χ1v) is 5.39. The largest absolute Gasteiger partial charge is 0.390 e.